The molecule has 0 aliphatic rings. The van der Waals surface area contributed by atoms with Crippen molar-refractivity contribution in [2.45, 2.75) is 20.8 Å². The van der Waals surface area contributed by atoms with Crippen LogP contribution in [-0.2, 0) is 0 Å². The predicted octanol–water partition coefficient (Wildman–Crippen LogP) is 9.68. The van der Waals surface area contributed by atoms with Gasteiger partial charge in [-0.25, -0.2) is 0 Å². The third-order valence-electron chi connectivity index (χ3n) is 8.49. The van der Waals surface area contributed by atoms with Gasteiger partial charge in [0.2, 0.25) is 0 Å². The van der Waals surface area contributed by atoms with Gasteiger partial charge in [-0.1, -0.05) is 78.4 Å². The topological polar surface area (TPSA) is 87.2 Å². The lowest BCUT2D eigenvalue weighted by Crippen LogP contribution is -2.23. The molecule has 5 aromatic carbocycles. The molecule has 234 valence electrons. The summed E-state index contributed by atoms with van der Waals surface area (Å²) in [4.78, 5) is 39.7. The monoisotopic (exact) mass is 627 g/mol. The van der Waals surface area contributed by atoms with Crippen molar-refractivity contribution in [1.29, 1.82) is 0 Å². The van der Waals surface area contributed by atoms with Crippen molar-refractivity contribution in [3.63, 3.8) is 0 Å². The summed E-state index contributed by atoms with van der Waals surface area (Å²) in [7, 11) is 0. The van der Waals surface area contributed by atoms with Gasteiger partial charge in [0.25, 0.3) is 11.8 Å². The summed E-state index contributed by atoms with van der Waals surface area (Å²) in [6.07, 6.45) is 3.43. The number of carbonyl (C=O) groups is 2. The summed E-state index contributed by atoms with van der Waals surface area (Å²) in [5.41, 5.74) is 8.36. The molecule has 7 rings (SSSR count). The molecular formula is C41H33N5O2. The van der Waals surface area contributed by atoms with Crippen molar-refractivity contribution in [3.8, 4) is 0 Å². The molecule has 0 saturated carbocycles. The number of benzene rings is 5. The van der Waals surface area contributed by atoms with Crippen molar-refractivity contribution in [2.24, 2.45) is 0 Å². The number of amides is 2. The molecule has 0 atom stereocenters. The van der Waals surface area contributed by atoms with Crippen LogP contribution in [0.1, 0.15) is 37.4 Å². The molecule has 0 fully saturated rings. The fraction of sp³-hybridized carbons (Fsp3) is 0.0732. The molecule has 7 aromatic rings. The zero-order chi connectivity index (χ0) is 33.2. The lowest BCUT2D eigenvalue weighted by atomic mass is 9.99. The van der Waals surface area contributed by atoms with Gasteiger partial charge in [0, 0.05) is 28.9 Å². The summed E-state index contributed by atoms with van der Waals surface area (Å²) in [5.74, 6) is -0.558. The number of rotatable bonds is 7. The maximum Gasteiger partial charge on any atom is 0.258 e. The van der Waals surface area contributed by atoms with Crippen LogP contribution in [0.3, 0.4) is 0 Å². The van der Waals surface area contributed by atoms with Gasteiger partial charge in [0.1, 0.15) is 0 Å². The Morgan fingerprint density at radius 3 is 1.44 bits per heavy atom. The van der Waals surface area contributed by atoms with Gasteiger partial charge in [-0.15, -0.1) is 0 Å². The zero-order valence-electron chi connectivity index (χ0n) is 26.9. The predicted molar refractivity (Wildman–Crippen MR) is 195 cm³/mol. The van der Waals surface area contributed by atoms with Crippen LogP contribution in [0.15, 0.2) is 134 Å². The van der Waals surface area contributed by atoms with E-state index in [9.17, 15) is 9.59 Å². The highest BCUT2D eigenvalue weighted by Gasteiger charge is 2.27. The van der Waals surface area contributed by atoms with Crippen molar-refractivity contribution in [3.05, 3.63) is 162 Å². The largest absolute Gasteiger partial charge is 0.320 e. The molecule has 2 N–H and O–H groups in total. The van der Waals surface area contributed by atoms with Gasteiger partial charge >= 0.3 is 0 Å². The standard InChI is InChI=1S/C41H33N5O2/c1-26-20-22-31(23-21-26)46(34-18-4-10-27(2)36(34)40(47)44-32-16-6-12-29-14-8-24-42-38(29)32)35-19-5-11-28(3)37(35)41(48)45-33-17-7-13-30-15-9-25-43-39(30)33/h4-25H,1-3H3,(H,44,47)(H,45,48). The number of para-hydroxylation sites is 2. The van der Waals surface area contributed by atoms with E-state index in [-0.39, 0.29) is 11.8 Å². The lowest BCUT2D eigenvalue weighted by Gasteiger charge is -2.30. The number of aromatic nitrogens is 2. The first-order valence-corrected chi connectivity index (χ1v) is 15.8. The quantitative estimate of drug-likeness (QED) is 0.184. The summed E-state index contributed by atoms with van der Waals surface area (Å²) < 4.78 is 0. The minimum Gasteiger partial charge on any atom is -0.320 e. The molecule has 0 aliphatic carbocycles. The molecule has 0 aliphatic heterocycles. The normalized spacial score (nSPS) is 11.0. The second-order valence-corrected chi connectivity index (χ2v) is 11.8. The van der Waals surface area contributed by atoms with Gasteiger partial charge in [0.15, 0.2) is 0 Å². The van der Waals surface area contributed by atoms with Crippen molar-refractivity contribution in [2.75, 3.05) is 15.5 Å². The molecular weight excluding hydrogens is 594 g/mol. The Balaban J connectivity index is 1.37. The summed E-state index contributed by atoms with van der Waals surface area (Å²) in [6.45, 7) is 5.87. The van der Waals surface area contributed by atoms with Crippen LogP contribution in [0.25, 0.3) is 21.8 Å². The van der Waals surface area contributed by atoms with Crippen molar-refractivity contribution >= 4 is 62.1 Å². The molecule has 0 spiro atoms. The minimum atomic E-state index is -0.279. The van der Waals surface area contributed by atoms with E-state index in [1.54, 1.807) is 12.4 Å². The Hall–Kier alpha value is -6.34. The number of fused-ring (bicyclic) bond motifs is 2. The van der Waals surface area contributed by atoms with E-state index in [1.807, 2.05) is 147 Å². The van der Waals surface area contributed by atoms with Crippen molar-refractivity contribution in [1.82, 2.24) is 9.97 Å². The van der Waals surface area contributed by atoms with Gasteiger partial charge in [-0.05, 0) is 80.4 Å². The summed E-state index contributed by atoms with van der Waals surface area (Å²) in [5, 5.41) is 8.13. The first-order valence-electron chi connectivity index (χ1n) is 15.8. The molecule has 0 bridgehead atoms. The van der Waals surface area contributed by atoms with E-state index < -0.39 is 0 Å². The van der Waals surface area contributed by atoms with Gasteiger partial charge < -0.3 is 15.5 Å². The highest BCUT2D eigenvalue weighted by atomic mass is 16.2. The first-order chi connectivity index (χ1) is 23.4. The Morgan fingerprint density at radius 1 is 0.521 bits per heavy atom. The molecule has 7 nitrogen and oxygen atoms in total. The van der Waals surface area contributed by atoms with E-state index >= 15 is 0 Å². The molecule has 0 unspecified atom stereocenters. The molecule has 2 aromatic heterocycles. The number of nitrogens with one attached hydrogen (secondary N) is 2. The van der Waals surface area contributed by atoms with Crippen LogP contribution in [0, 0.1) is 20.8 Å². The first kappa shape index (κ1) is 30.3. The Labute approximate surface area is 278 Å². The van der Waals surface area contributed by atoms with Crippen LogP contribution in [-0.4, -0.2) is 21.8 Å². The number of aryl methyl sites for hydroxylation is 3. The van der Waals surface area contributed by atoms with E-state index in [2.05, 4.69) is 20.6 Å². The smallest absolute Gasteiger partial charge is 0.258 e. The number of nitrogens with zero attached hydrogens (tertiary/aromatic N) is 3. The van der Waals surface area contributed by atoms with E-state index in [0.29, 0.717) is 44.9 Å². The van der Waals surface area contributed by atoms with Crippen LogP contribution in [0.5, 0.6) is 0 Å². The molecule has 2 heterocycles. The van der Waals surface area contributed by atoms with Crippen LogP contribution in [0.4, 0.5) is 28.4 Å². The fourth-order valence-electron chi connectivity index (χ4n) is 6.15. The lowest BCUT2D eigenvalue weighted by molar-refractivity contribution is 0.101. The molecule has 48 heavy (non-hydrogen) atoms. The van der Waals surface area contributed by atoms with Gasteiger partial charge in [-0.2, -0.15) is 0 Å². The van der Waals surface area contributed by atoms with E-state index in [1.165, 1.54) is 0 Å². The Bertz CT molecular complexity index is 2180. The third-order valence-corrected chi connectivity index (χ3v) is 8.49. The summed E-state index contributed by atoms with van der Waals surface area (Å²) in [6, 6.07) is 38.7. The number of hydrogen-bond acceptors (Lipinski definition) is 5. The number of carbonyl (C=O) groups excluding carboxylic acids is 2. The van der Waals surface area contributed by atoms with E-state index in [0.717, 1.165) is 33.2 Å². The molecule has 0 radical (unpaired) electrons. The summed E-state index contributed by atoms with van der Waals surface area (Å²) >= 11 is 0. The van der Waals surface area contributed by atoms with Crippen LogP contribution in [0.2, 0.25) is 0 Å². The molecule has 7 heteroatoms. The average molecular weight is 628 g/mol. The van der Waals surface area contributed by atoms with Crippen LogP contribution >= 0.6 is 0 Å². The third kappa shape index (κ3) is 5.74. The number of pyridine rings is 2. The Kier molecular flexibility index (Phi) is 8.09. The van der Waals surface area contributed by atoms with Crippen molar-refractivity contribution < 1.29 is 9.59 Å². The van der Waals surface area contributed by atoms with E-state index in [4.69, 9.17) is 0 Å². The molecule has 2 amide bonds. The average Bonchev–Trinajstić information content (AvgIpc) is 3.09. The SMILES string of the molecule is Cc1ccc(N(c2cccc(C)c2C(=O)Nc2cccc3cccnc23)c2cccc(C)c2C(=O)Nc2cccc3cccnc23)cc1. The van der Waals surface area contributed by atoms with Crippen LogP contribution < -0.4 is 15.5 Å². The zero-order valence-corrected chi connectivity index (χ0v) is 26.9. The maximum atomic E-state index is 14.3. The second-order valence-electron chi connectivity index (χ2n) is 11.8. The van der Waals surface area contributed by atoms with Gasteiger partial charge in [0.05, 0.1) is 44.9 Å². The number of anilines is 5. The second kappa shape index (κ2) is 12.8. The highest BCUT2D eigenvalue weighted by molar-refractivity contribution is 6.15. The van der Waals surface area contributed by atoms with Gasteiger partial charge in [-0.3, -0.25) is 19.6 Å². The molecule has 0 saturated heterocycles. The number of hydrogen-bond donors (Lipinski definition) is 2. The Morgan fingerprint density at radius 2 is 0.958 bits per heavy atom. The highest BCUT2D eigenvalue weighted by Crippen LogP contribution is 2.41. The maximum absolute atomic E-state index is 14.3. The minimum absolute atomic E-state index is 0.279. The fourth-order valence-corrected chi connectivity index (χ4v) is 6.15.